The Kier molecular flexibility index (Phi) is 5.15. The zero-order valence-electron chi connectivity index (χ0n) is 10.3. The van der Waals surface area contributed by atoms with E-state index in [-0.39, 0.29) is 5.91 Å². The van der Waals surface area contributed by atoms with Crippen molar-refractivity contribution in [3.8, 4) is 0 Å². The van der Waals surface area contributed by atoms with E-state index in [1.165, 1.54) is 0 Å². The number of nitrogens with two attached hydrogens (primary N) is 1. The van der Waals surface area contributed by atoms with Crippen molar-refractivity contribution in [1.82, 2.24) is 5.32 Å². The topological polar surface area (TPSA) is 55.1 Å². The van der Waals surface area contributed by atoms with Crippen molar-refractivity contribution >= 4 is 21.8 Å². The van der Waals surface area contributed by atoms with E-state index in [0.717, 1.165) is 10.0 Å². The van der Waals surface area contributed by atoms with Gasteiger partial charge in [-0.05, 0) is 30.5 Å². The summed E-state index contributed by atoms with van der Waals surface area (Å²) in [5.41, 5.74) is 6.33. The normalized spacial score (nSPS) is 11.3. The fraction of sp³-hybridized carbons (Fsp3) is 0.462. The molecule has 0 aromatic heterocycles. The highest BCUT2D eigenvalue weighted by atomic mass is 79.9. The highest BCUT2D eigenvalue weighted by Crippen LogP contribution is 2.13. The lowest BCUT2D eigenvalue weighted by Gasteiger charge is -2.25. The first-order chi connectivity index (χ1) is 8.01. The number of carbonyl (C=O) groups excluding carboxylic acids is 1. The lowest BCUT2D eigenvalue weighted by Crippen LogP contribution is -2.52. The van der Waals surface area contributed by atoms with Crippen LogP contribution in [0.25, 0.3) is 0 Å². The van der Waals surface area contributed by atoms with Crippen molar-refractivity contribution in [1.29, 1.82) is 0 Å². The van der Waals surface area contributed by atoms with Crippen LogP contribution in [0.4, 0.5) is 0 Å². The zero-order valence-corrected chi connectivity index (χ0v) is 11.9. The maximum absolute atomic E-state index is 11.9. The van der Waals surface area contributed by atoms with Crippen LogP contribution < -0.4 is 11.1 Å². The predicted octanol–water partition coefficient (Wildman–Crippen LogP) is 2.58. The van der Waals surface area contributed by atoms with Gasteiger partial charge in [0.05, 0.1) is 5.54 Å². The molecule has 3 N–H and O–H groups in total. The lowest BCUT2D eigenvalue weighted by molar-refractivity contribution is -0.126. The molecule has 1 rings (SSSR count). The molecule has 0 radical (unpaired) electrons. The molecule has 0 aliphatic rings. The molecule has 0 heterocycles. The first-order valence-electron chi connectivity index (χ1n) is 5.83. The maximum Gasteiger partial charge on any atom is 0.240 e. The molecule has 4 heteroatoms. The number of halogens is 1. The summed E-state index contributed by atoms with van der Waals surface area (Å²) in [5.74, 6) is -0.0783. The second-order valence-electron chi connectivity index (χ2n) is 4.17. The standard InChI is InChI=1S/C13H19BrN2O/c1-3-13(15,4-2)12(17)16-9-10-5-7-11(14)8-6-10/h5-8H,3-4,9,15H2,1-2H3,(H,16,17). The summed E-state index contributed by atoms with van der Waals surface area (Å²) >= 11 is 3.37. The molecular weight excluding hydrogens is 280 g/mol. The third kappa shape index (κ3) is 3.82. The van der Waals surface area contributed by atoms with Crippen LogP contribution in [0.5, 0.6) is 0 Å². The van der Waals surface area contributed by atoms with Crippen molar-refractivity contribution < 1.29 is 4.79 Å². The number of amides is 1. The van der Waals surface area contributed by atoms with Gasteiger partial charge in [0.15, 0.2) is 0 Å². The Balaban J connectivity index is 2.56. The molecule has 94 valence electrons. The van der Waals surface area contributed by atoms with Crippen molar-refractivity contribution in [2.75, 3.05) is 0 Å². The Morgan fingerprint density at radius 2 is 1.82 bits per heavy atom. The fourth-order valence-electron chi connectivity index (χ4n) is 1.53. The van der Waals surface area contributed by atoms with Crippen LogP contribution in [0.15, 0.2) is 28.7 Å². The largest absolute Gasteiger partial charge is 0.350 e. The Hall–Kier alpha value is -0.870. The van der Waals surface area contributed by atoms with Crippen molar-refractivity contribution in [2.24, 2.45) is 5.73 Å². The molecular formula is C13H19BrN2O. The van der Waals surface area contributed by atoms with Crippen LogP contribution in [-0.2, 0) is 11.3 Å². The second kappa shape index (κ2) is 6.17. The summed E-state index contributed by atoms with van der Waals surface area (Å²) in [4.78, 5) is 11.9. The average Bonchev–Trinajstić information content (AvgIpc) is 2.36. The zero-order chi connectivity index (χ0) is 12.9. The van der Waals surface area contributed by atoms with E-state index in [9.17, 15) is 4.79 Å². The van der Waals surface area contributed by atoms with Crippen LogP contribution >= 0.6 is 15.9 Å². The Labute approximate surface area is 111 Å². The van der Waals surface area contributed by atoms with E-state index >= 15 is 0 Å². The van der Waals surface area contributed by atoms with Gasteiger partial charge >= 0.3 is 0 Å². The monoisotopic (exact) mass is 298 g/mol. The van der Waals surface area contributed by atoms with Gasteiger partial charge in [-0.25, -0.2) is 0 Å². The third-order valence-electron chi connectivity index (χ3n) is 3.08. The molecule has 0 saturated carbocycles. The van der Waals surface area contributed by atoms with Crippen LogP contribution in [0.2, 0.25) is 0 Å². The number of nitrogens with one attached hydrogen (secondary N) is 1. The van der Waals surface area contributed by atoms with Gasteiger partial charge in [-0.2, -0.15) is 0 Å². The third-order valence-corrected chi connectivity index (χ3v) is 3.61. The van der Waals surface area contributed by atoms with E-state index in [1.54, 1.807) is 0 Å². The quantitative estimate of drug-likeness (QED) is 0.878. The van der Waals surface area contributed by atoms with E-state index in [0.29, 0.717) is 19.4 Å². The molecule has 17 heavy (non-hydrogen) atoms. The number of hydrogen-bond donors (Lipinski definition) is 2. The first-order valence-corrected chi connectivity index (χ1v) is 6.62. The minimum absolute atomic E-state index is 0.0783. The van der Waals surface area contributed by atoms with Gasteiger partial charge in [-0.3, -0.25) is 4.79 Å². The van der Waals surface area contributed by atoms with Gasteiger partial charge in [-0.1, -0.05) is 41.9 Å². The van der Waals surface area contributed by atoms with Crippen molar-refractivity contribution in [2.45, 2.75) is 38.8 Å². The van der Waals surface area contributed by atoms with E-state index in [4.69, 9.17) is 5.73 Å². The number of rotatable bonds is 5. The minimum atomic E-state index is -0.741. The Morgan fingerprint density at radius 1 is 1.29 bits per heavy atom. The Bertz CT molecular complexity index is 372. The first kappa shape index (κ1) is 14.2. The number of benzene rings is 1. The van der Waals surface area contributed by atoms with Gasteiger partial charge in [0.2, 0.25) is 5.91 Å². The maximum atomic E-state index is 11.9. The molecule has 0 atom stereocenters. The SMILES string of the molecule is CCC(N)(CC)C(=O)NCc1ccc(Br)cc1. The highest BCUT2D eigenvalue weighted by molar-refractivity contribution is 9.10. The summed E-state index contributed by atoms with van der Waals surface area (Å²) < 4.78 is 1.03. The van der Waals surface area contributed by atoms with E-state index in [1.807, 2.05) is 38.1 Å². The molecule has 0 spiro atoms. The molecule has 0 saturated heterocycles. The number of hydrogen-bond acceptors (Lipinski definition) is 2. The molecule has 0 bridgehead atoms. The highest BCUT2D eigenvalue weighted by Gasteiger charge is 2.29. The summed E-state index contributed by atoms with van der Waals surface area (Å²) in [6, 6.07) is 7.86. The smallest absolute Gasteiger partial charge is 0.240 e. The van der Waals surface area contributed by atoms with Crippen LogP contribution in [0, 0.1) is 0 Å². The van der Waals surface area contributed by atoms with E-state index in [2.05, 4.69) is 21.2 Å². The molecule has 0 aliphatic carbocycles. The molecule has 3 nitrogen and oxygen atoms in total. The molecule has 1 aromatic rings. The predicted molar refractivity (Wildman–Crippen MR) is 73.5 cm³/mol. The van der Waals surface area contributed by atoms with Crippen LogP contribution in [0.1, 0.15) is 32.3 Å². The summed E-state index contributed by atoms with van der Waals surface area (Å²) in [7, 11) is 0. The van der Waals surface area contributed by atoms with Gasteiger partial charge < -0.3 is 11.1 Å². The van der Waals surface area contributed by atoms with Gasteiger partial charge in [0.1, 0.15) is 0 Å². The fourth-order valence-corrected chi connectivity index (χ4v) is 1.80. The van der Waals surface area contributed by atoms with Gasteiger partial charge in [0.25, 0.3) is 0 Å². The summed E-state index contributed by atoms with van der Waals surface area (Å²) in [6.45, 7) is 4.39. The molecule has 1 amide bonds. The van der Waals surface area contributed by atoms with E-state index < -0.39 is 5.54 Å². The molecule has 0 unspecified atom stereocenters. The van der Waals surface area contributed by atoms with Gasteiger partial charge in [0, 0.05) is 11.0 Å². The number of carbonyl (C=O) groups is 1. The summed E-state index contributed by atoms with van der Waals surface area (Å²) in [5, 5.41) is 2.88. The molecule has 1 aromatic carbocycles. The van der Waals surface area contributed by atoms with Crippen molar-refractivity contribution in [3.63, 3.8) is 0 Å². The molecule has 0 aliphatic heterocycles. The average molecular weight is 299 g/mol. The lowest BCUT2D eigenvalue weighted by atomic mass is 9.93. The van der Waals surface area contributed by atoms with Crippen molar-refractivity contribution in [3.05, 3.63) is 34.3 Å². The molecule has 0 fully saturated rings. The Morgan fingerprint density at radius 3 is 2.29 bits per heavy atom. The second-order valence-corrected chi connectivity index (χ2v) is 5.09. The minimum Gasteiger partial charge on any atom is -0.350 e. The van der Waals surface area contributed by atoms with Crippen LogP contribution in [-0.4, -0.2) is 11.4 Å². The van der Waals surface area contributed by atoms with Gasteiger partial charge in [-0.15, -0.1) is 0 Å². The van der Waals surface area contributed by atoms with Crippen LogP contribution in [0.3, 0.4) is 0 Å². The summed E-state index contributed by atoms with van der Waals surface area (Å²) in [6.07, 6.45) is 1.30.